The predicted octanol–water partition coefficient (Wildman–Crippen LogP) is 3.88. The second-order valence-corrected chi connectivity index (χ2v) is 6.94. The van der Waals surface area contributed by atoms with Crippen LogP contribution >= 0.6 is 0 Å². The fourth-order valence-electron chi connectivity index (χ4n) is 3.40. The molecule has 2 amide bonds. The van der Waals surface area contributed by atoms with E-state index in [1.165, 1.54) is 0 Å². The molecule has 2 N–H and O–H groups in total. The molecular weight excluding hydrogens is 390 g/mol. The molecule has 4 rings (SSSR count). The van der Waals surface area contributed by atoms with Crippen LogP contribution in [0.1, 0.15) is 15.9 Å². The number of rotatable bonds is 6. The minimum Gasteiger partial charge on any atom is -0.497 e. The van der Waals surface area contributed by atoms with E-state index in [0.29, 0.717) is 11.3 Å². The lowest BCUT2D eigenvalue weighted by molar-refractivity contribution is -0.120. The number of carbonyl (C=O) groups is 2. The van der Waals surface area contributed by atoms with Crippen molar-refractivity contribution >= 4 is 39.6 Å². The summed E-state index contributed by atoms with van der Waals surface area (Å²) in [6, 6.07) is 24.9. The normalized spacial score (nSPS) is 11.0. The van der Waals surface area contributed by atoms with Crippen LogP contribution in [0.15, 0.2) is 84.0 Å². The van der Waals surface area contributed by atoms with Crippen molar-refractivity contribution in [1.82, 2.24) is 10.7 Å². The maximum Gasteiger partial charge on any atom is 0.259 e. The molecule has 154 valence electrons. The first-order valence-corrected chi connectivity index (χ1v) is 9.80. The monoisotopic (exact) mass is 411 g/mol. The van der Waals surface area contributed by atoms with E-state index in [0.717, 1.165) is 27.1 Å². The minimum absolute atomic E-state index is 0.182. The summed E-state index contributed by atoms with van der Waals surface area (Å²) >= 11 is 0. The van der Waals surface area contributed by atoms with Gasteiger partial charge in [0.25, 0.3) is 11.8 Å². The Morgan fingerprint density at radius 1 is 0.903 bits per heavy atom. The van der Waals surface area contributed by atoms with Gasteiger partial charge < -0.3 is 10.1 Å². The van der Waals surface area contributed by atoms with E-state index in [2.05, 4.69) is 21.9 Å². The number of nitrogens with one attached hydrogen (secondary N) is 2. The van der Waals surface area contributed by atoms with Gasteiger partial charge in [-0.25, -0.2) is 5.43 Å². The van der Waals surface area contributed by atoms with Crippen molar-refractivity contribution < 1.29 is 14.3 Å². The quantitative estimate of drug-likeness (QED) is 0.287. The molecule has 0 aromatic heterocycles. The number of nitrogens with zero attached hydrogens (tertiary/aromatic N) is 1. The molecule has 31 heavy (non-hydrogen) atoms. The Bertz CT molecular complexity index is 1230. The van der Waals surface area contributed by atoms with Crippen LogP contribution in [-0.2, 0) is 4.79 Å². The summed E-state index contributed by atoms with van der Waals surface area (Å²) in [4.78, 5) is 24.3. The van der Waals surface area contributed by atoms with E-state index in [4.69, 9.17) is 4.74 Å². The molecule has 0 aliphatic rings. The first-order valence-electron chi connectivity index (χ1n) is 9.80. The van der Waals surface area contributed by atoms with Gasteiger partial charge in [-0.3, -0.25) is 9.59 Å². The highest BCUT2D eigenvalue weighted by Crippen LogP contribution is 2.27. The maximum atomic E-state index is 12.2. The van der Waals surface area contributed by atoms with Gasteiger partial charge in [0.05, 0.1) is 19.9 Å². The topological polar surface area (TPSA) is 79.8 Å². The van der Waals surface area contributed by atoms with Crippen molar-refractivity contribution in [2.75, 3.05) is 13.7 Å². The van der Waals surface area contributed by atoms with Crippen LogP contribution in [0.5, 0.6) is 5.75 Å². The predicted molar refractivity (Wildman–Crippen MR) is 123 cm³/mol. The summed E-state index contributed by atoms with van der Waals surface area (Å²) in [6.45, 7) is -0.182. The number of hydrazone groups is 1. The molecule has 0 radical (unpaired) electrons. The van der Waals surface area contributed by atoms with Gasteiger partial charge in [0.15, 0.2) is 0 Å². The van der Waals surface area contributed by atoms with Gasteiger partial charge >= 0.3 is 0 Å². The summed E-state index contributed by atoms with van der Waals surface area (Å²) in [6.07, 6.45) is 1.65. The zero-order valence-corrected chi connectivity index (χ0v) is 17.0. The molecule has 6 heteroatoms. The molecule has 0 spiro atoms. The summed E-state index contributed by atoms with van der Waals surface area (Å²) in [5.74, 6) is -0.103. The van der Waals surface area contributed by atoms with E-state index >= 15 is 0 Å². The van der Waals surface area contributed by atoms with Gasteiger partial charge in [-0.2, -0.15) is 5.10 Å². The summed E-state index contributed by atoms with van der Waals surface area (Å²) in [7, 11) is 1.56. The van der Waals surface area contributed by atoms with Crippen LogP contribution in [0.25, 0.3) is 21.5 Å². The van der Waals surface area contributed by atoms with Crippen LogP contribution in [0.3, 0.4) is 0 Å². The molecule has 6 nitrogen and oxygen atoms in total. The SMILES string of the molecule is COc1ccc(C(=O)NCC(=O)N/N=C/c2c3ccccc3cc3ccccc23)cc1. The first-order chi connectivity index (χ1) is 15.2. The number of amides is 2. The Labute approximate surface area is 179 Å². The van der Waals surface area contributed by atoms with Gasteiger partial charge in [0.2, 0.25) is 0 Å². The Hall–Kier alpha value is -4.19. The van der Waals surface area contributed by atoms with Crippen LogP contribution in [0, 0.1) is 0 Å². The van der Waals surface area contributed by atoms with Crippen molar-refractivity contribution in [3.63, 3.8) is 0 Å². The Balaban J connectivity index is 1.44. The van der Waals surface area contributed by atoms with Crippen LogP contribution in [0.2, 0.25) is 0 Å². The fraction of sp³-hybridized carbons (Fsp3) is 0.0800. The second kappa shape index (κ2) is 9.09. The number of methoxy groups -OCH3 is 1. The lowest BCUT2D eigenvalue weighted by Gasteiger charge is -2.08. The summed E-state index contributed by atoms with van der Waals surface area (Å²) in [5, 5.41) is 11.0. The Morgan fingerprint density at radius 3 is 2.13 bits per heavy atom. The van der Waals surface area contributed by atoms with Gasteiger partial charge in [0, 0.05) is 11.1 Å². The molecule has 4 aromatic carbocycles. The first kappa shape index (κ1) is 20.1. The third kappa shape index (κ3) is 4.53. The molecule has 4 aromatic rings. The van der Waals surface area contributed by atoms with Crippen molar-refractivity contribution in [1.29, 1.82) is 0 Å². The third-order valence-corrected chi connectivity index (χ3v) is 4.96. The number of hydrogen-bond donors (Lipinski definition) is 2. The van der Waals surface area contributed by atoms with Gasteiger partial charge in [-0.05, 0) is 51.9 Å². The zero-order valence-electron chi connectivity index (χ0n) is 17.0. The van der Waals surface area contributed by atoms with Crippen molar-refractivity contribution in [2.24, 2.45) is 5.10 Å². The highest BCUT2D eigenvalue weighted by Gasteiger charge is 2.08. The Kier molecular flexibility index (Phi) is 5.89. The maximum absolute atomic E-state index is 12.2. The molecule has 0 heterocycles. The Morgan fingerprint density at radius 2 is 1.52 bits per heavy atom. The molecule has 0 bridgehead atoms. The van der Waals surface area contributed by atoms with Gasteiger partial charge in [-0.15, -0.1) is 0 Å². The van der Waals surface area contributed by atoms with E-state index in [1.54, 1.807) is 37.6 Å². The number of carbonyl (C=O) groups excluding carboxylic acids is 2. The van der Waals surface area contributed by atoms with Crippen LogP contribution in [0.4, 0.5) is 0 Å². The number of ether oxygens (including phenoxy) is 1. The highest BCUT2D eigenvalue weighted by molar-refractivity contribution is 6.13. The molecular formula is C25H21N3O3. The second-order valence-electron chi connectivity index (χ2n) is 6.94. The number of hydrogen-bond acceptors (Lipinski definition) is 4. The average Bonchev–Trinajstić information content (AvgIpc) is 2.82. The molecule has 0 atom stereocenters. The van der Waals surface area contributed by atoms with E-state index in [-0.39, 0.29) is 12.5 Å². The lowest BCUT2D eigenvalue weighted by Crippen LogP contribution is -2.34. The number of fused-ring (bicyclic) bond motifs is 2. The summed E-state index contributed by atoms with van der Waals surface area (Å²) in [5.41, 5.74) is 3.85. The molecule has 0 unspecified atom stereocenters. The molecule has 0 aliphatic carbocycles. The molecule has 0 fully saturated rings. The fourth-order valence-corrected chi connectivity index (χ4v) is 3.40. The molecule has 0 saturated heterocycles. The standard InChI is InChI=1S/C25H21N3O3/c1-31-20-12-10-17(11-13-20)25(30)26-16-24(29)28-27-15-23-21-8-4-2-6-18(21)14-19-7-3-5-9-22(19)23/h2-15H,16H2,1H3,(H,26,30)(H,28,29)/b27-15+. The minimum atomic E-state index is -0.414. The molecule has 0 saturated carbocycles. The van der Waals surface area contributed by atoms with Gasteiger partial charge in [-0.1, -0.05) is 48.5 Å². The number of benzene rings is 4. The van der Waals surface area contributed by atoms with Crippen molar-refractivity contribution in [2.45, 2.75) is 0 Å². The highest BCUT2D eigenvalue weighted by atomic mass is 16.5. The summed E-state index contributed by atoms with van der Waals surface area (Å²) < 4.78 is 5.07. The largest absolute Gasteiger partial charge is 0.497 e. The lowest BCUT2D eigenvalue weighted by atomic mass is 9.97. The smallest absolute Gasteiger partial charge is 0.259 e. The van der Waals surface area contributed by atoms with E-state index < -0.39 is 5.91 Å². The van der Waals surface area contributed by atoms with Crippen molar-refractivity contribution in [3.05, 3.63) is 90.0 Å². The van der Waals surface area contributed by atoms with Gasteiger partial charge in [0.1, 0.15) is 5.75 Å². The van der Waals surface area contributed by atoms with Crippen LogP contribution in [-0.4, -0.2) is 31.7 Å². The van der Waals surface area contributed by atoms with E-state index in [1.807, 2.05) is 48.5 Å². The third-order valence-electron chi connectivity index (χ3n) is 4.96. The zero-order chi connectivity index (χ0) is 21.6. The van der Waals surface area contributed by atoms with Crippen molar-refractivity contribution in [3.8, 4) is 5.75 Å². The molecule has 0 aliphatic heterocycles. The van der Waals surface area contributed by atoms with Crippen LogP contribution < -0.4 is 15.5 Å². The van der Waals surface area contributed by atoms with E-state index in [9.17, 15) is 9.59 Å². The average molecular weight is 411 g/mol.